The van der Waals surface area contributed by atoms with Crippen molar-refractivity contribution in [3.63, 3.8) is 0 Å². The second-order valence-electron chi connectivity index (χ2n) is 2.81. The third kappa shape index (κ3) is 0.689. The molecule has 0 saturated carbocycles. The summed E-state index contributed by atoms with van der Waals surface area (Å²) in [7, 11) is 0. The van der Waals surface area contributed by atoms with Crippen LogP contribution in [0.15, 0.2) is 0 Å². The van der Waals surface area contributed by atoms with E-state index < -0.39 is 0 Å². The number of rotatable bonds is 0. The summed E-state index contributed by atoms with van der Waals surface area (Å²) in [5, 5.41) is 0. The number of hydrogen-bond donors (Lipinski definition) is 1. The summed E-state index contributed by atoms with van der Waals surface area (Å²) in [5.74, 6) is 0. The van der Waals surface area contributed by atoms with Gasteiger partial charge in [0.15, 0.2) is 6.29 Å². The first-order chi connectivity index (χ1) is 4.31. The third-order valence-corrected chi connectivity index (χ3v) is 2.14. The van der Waals surface area contributed by atoms with E-state index >= 15 is 0 Å². The maximum absolute atomic E-state index is 5.91. The molecule has 0 unspecified atom stereocenters. The molecule has 2 rings (SSSR count). The van der Waals surface area contributed by atoms with Crippen LogP contribution in [0.2, 0.25) is 0 Å². The number of hydrogen-bond acceptors (Lipinski definition) is 3. The lowest BCUT2D eigenvalue weighted by Crippen LogP contribution is -2.43. The Kier molecular flexibility index (Phi) is 1.06. The van der Waals surface area contributed by atoms with E-state index in [4.69, 9.17) is 15.2 Å². The molecular formula is C6H11NO2. The van der Waals surface area contributed by atoms with Crippen LogP contribution in [0.5, 0.6) is 0 Å². The standard InChI is InChI=1S/C6H11NO2/c7-6-1-3-8-5(6)9-4-2-6/h5H,1-4,7H2/t5-,6-. The third-order valence-electron chi connectivity index (χ3n) is 2.14. The molecule has 0 spiro atoms. The highest BCUT2D eigenvalue weighted by Gasteiger charge is 2.45. The minimum Gasteiger partial charge on any atom is -0.351 e. The first kappa shape index (κ1) is 5.65. The van der Waals surface area contributed by atoms with E-state index in [2.05, 4.69) is 0 Å². The summed E-state index contributed by atoms with van der Waals surface area (Å²) in [6.07, 6.45) is 1.81. The fourth-order valence-corrected chi connectivity index (χ4v) is 1.45. The van der Waals surface area contributed by atoms with Crippen molar-refractivity contribution in [3.05, 3.63) is 0 Å². The van der Waals surface area contributed by atoms with Gasteiger partial charge in [-0.2, -0.15) is 0 Å². The quantitative estimate of drug-likeness (QED) is 0.494. The van der Waals surface area contributed by atoms with Crippen molar-refractivity contribution in [1.29, 1.82) is 0 Å². The molecule has 0 bridgehead atoms. The van der Waals surface area contributed by atoms with Crippen LogP contribution in [-0.4, -0.2) is 25.0 Å². The largest absolute Gasteiger partial charge is 0.351 e. The molecule has 2 heterocycles. The Morgan fingerprint density at radius 1 is 1.22 bits per heavy atom. The molecule has 0 aromatic heterocycles. The summed E-state index contributed by atoms with van der Waals surface area (Å²) in [6, 6.07) is 0. The summed E-state index contributed by atoms with van der Waals surface area (Å²) in [4.78, 5) is 0. The topological polar surface area (TPSA) is 44.5 Å². The van der Waals surface area contributed by atoms with Gasteiger partial charge in [0.1, 0.15) is 0 Å². The van der Waals surface area contributed by atoms with Gasteiger partial charge < -0.3 is 15.2 Å². The van der Waals surface area contributed by atoms with Crippen molar-refractivity contribution in [2.24, 2.45) is 5.73 Å². The lowest BCUT2D eigenvalue weighted by molar-refractivity contribution is -0.0948. The van der Waals surface area contributed by atoms with Crippen molar-refractivity contribution in [2.75, 3.05) is 13.2 Å². The molecule has 2 saturated heterocycles. The molecule has 9 heavy (non-hydrogen) atoms. The van der Waals surface area contributed by atoms with E-state index in [1.807, 2.05) is 0 Å². The van der Waals surface area contributed by atoms with Gasteiger partial charge in [-0.25, -0.2) is 0 Å². The van der Waals surface area contributed by atoms with Crippen LogP contribution < -0.4 is 5.73 Å². The molecule has 52 valence electrons. The smallest absolute Gasteiger partial charge is 0.175 e. The van der Waals surface area contributed by atoms with E-state index in [0.717, 1.165) is 26.1 Å². The maximum Gasteiger partial charge on any atom is 0.175 e. The fraction of sp³-hybridized carbons (Fsp3) is 1.00. The Labute approximate surface area is 54.1 Å². The molecule has 0 aliphatic carbocycles. The predicted octanol–water partition coefficient (Wildman–Crippen LogP) is -0.149. The molecule has 2 aliphatic heterocycles. The molecule has 0 aromatic rings. The van der Waals surface area contributed by atoms with Crippen molar-refractivity contribution in [2.45, 2.75) is 24.7 Å². The van der Waals surface area contributed by atoms with Gasteiger partial charge in [0.2, 0.25) is 0 Å². The monoisotopic (exact) mass is 129 g/mol. The van der Waals surface area contributed by atoms with Crippen LogP contribution in [0.4, 0.5) is 0 Å². The Bertz CT molecular complexity index is 116. The molecule has 2 aliphatic rings. The number of nitrogens with two attached hydrogens (primary N) is 1. The highest BCUT2D eigenvalue weighted by molar-refractivity contribution is 4.95. The van der Waals surface area contributed by atoms with Gasteiger partial charge in [-0.3, -0.25) is 0 Å². The van der Waals surface area contributed by atoms with Gasteiger partial charge >= 0.3 is 0 Å². The molecule has 3 nitrogen and oxygen atoms in total. The Hall–Kier alpha value is -0.120. The summed E-state index contributed by atoms with van der Waals surface area (Å²) >= 11 is 0. The van der Waals surface area contributed by atoms with Gasteiger partial charge in [-0.1, -0.05) is 0 Å². The number of fused-ring (bicyclic) bond motifs is 1. The van der Waals surface area contributed by atoms with Crippen molar-refractivity contribution >= 4 is 0 Å². The zero-order valence-electron chi connectivity index (χ0n) is 5.30. The maximum atomic E-state index is 5.91. The molecule has 2 N–H and O–H groups in total. The van der Waals surface area contributed by atoms with Crippen LogP contribution in [0.3, 0.4) is 0 Å². The van der Waals surface area contributed by atoms with Gasteiger partial charge in [-0.05, 0) is 12.8 Å². The fourth-order valence-electron chi connectivity index (χ4n) is 1.45. The Balaban J connectivity index is 2.17. The van der Waals surface area contributed by atoms with Crippen LogP contribution >= 0.6 is 0 Å². The molecule has 0 aromatic carbocycles. The minimum absolute atomic E-state index is 0.0995. The van der Waals surface area contributed by atoms with Crippen molar-refractivity contribution < 1.29 is 9.47 Å². The molecule has 2 fully saturated rings. The molecular weight excluding hydrogens is 118 g/mol. The minimum atomic E-state index is -0.139. The van der Waals surface area contributed by atoms with Gasteiger partial charge in [-0.15, -0.1) is 0 Å². The summed E-state index contributed by atoms with van der Waals surface area (Å²) in [6.45, 7) is 1.53. The normalized spacial score (nSPS) is 49.7. The Morgan fingerprint density at radius 2 is 1.78 bits per heavy atom. The second-order valence-corrected chi connectivity index (χ2v) is 2.81. The van der Waals surface area contributed by atoms with E-state index in [1.54, 1.807) is 0 Å². The zero-order chi connectivity index (χ0) is 6.32. The van der Waals surface area contributed by atoms with Crippen LogP contribution in [-0.2, 0) is 9.47 Å². The van der Waals surface area contributed by atoms with E-state index in [9.17, 15) is 0 Å². The van der Waals surface area contributed by atoms with Gasteiger partial charge in [0, 0.05) is 0 Å². The van der Waals surface area contributed by atoms with E-state index in [-0.39, 0.29) is 11.8 Å². The second kappa shape index (κ2) is 1.68. The lowest BCUT2D eigenvalue weighted by atomic mass is 9.97. The predicted molar refractivity (Wildman–Crippen MR) is 31.8 cm³/mol. The van der Waals surface area contributed by atoms with Crippen molar-refractivity contribution in [1.82, 2.24) is 0 Å². The summed E-state index contributed by atoms with van der Waals surface area (Å²) < 4.78 is 10.5. The average molecular weight is 129 g/mol. The highest BCUT2D eigenvalue weighted by atomic mass is 16.7. The van der Waals surface area contributed by atoms with Crippen molar-refractivity contribution in [3.8, 4) is 0 Å². The molecule has 0 atom stereocenters. The van der Waals surface area contributed by atoms with Crippen LogP contribution in [0, 0.1) is 0 Å². The molecule has 0 amide bonds. The molecule has 3 heteroatoms. The van der Waals surface area contributed by atoms with Crippen LogP contribution in [0.25, 0.3) is 0 Å². The Morgan fingerprint density at radius 3 is 2.22 bits per heavy atom. The van der Waals surface area contributed by atoms with Crippen LogP contribution in [0.1, 0.15) is 12.8 Å². The number of ether oxygens (including phenoxy) is 2. The van der Waals surface area contributed by atoms with E-state index in [1.165, 1.54) is 0 Å². The first-order valence-corrected chi connectivity index (χ1v) is 3.33. The highest BCUT2D eigenvalue weighted by Crippen LogP contribution is 2.32. The zero-order valence-corrected chi connectivity index (χ0v) is 5.30. The van der Waals surface area contributed by atoms with Gasteiger partial charge in [0.25, 0.3) is 0 Å². The SMILES string of the molecule is N[C@]12CCO[C@H]1OCC2. The first-order valence-electron chi connectivity index (χ1n) is 3.33. The molecule has 0 radical (unpaired) electrons. The van der Waals surface area contributed by atoms with E-state index in [0.29, 0.717) is 0 Å². The van der Waals surface area contributed by atoms with Gasteiger partial charge in [0.05, 0.1) is 18.8 Å². The summed E-state index contributed by atoms with van der Waals surface area (Å²) in [5.41, 5.74) is 5.78. The average Bonchev–Trinajstić information content (AvgIpc) is 2.22. The lowest BCUT2D eigenvalue weighted by Gasteiger charge is -2.18.